The van der Waals surface area contributed by atoms with Gasteiger partial charge >= 0.3 is 0 Å². The standard InChI is InChI=1S/C12H12N2OS/c1-9-11(16-8-14-9)12(15)13-7-10-5-3-2-4-6-10/h2-6,8H,7H2,1H3,(H,13,15). The largest absolute Gasteiger partial charge is 0.347 e. The number of hydrogen-bond acceptors (Lipinski definition) is 3. The Balaban J connectivity index is 1.97. The highest BCUT2D eigenvalue weighted by atomic mass is 32.1. The number of amides is 1. The van der Waals surface area contributed by atoms with Crippen molar-refractivity contribution in [2.75, 3.05) is 0 Å². The molecule has 16 heavy (non-hydrogen) atoms. The quantitative estimate of drug-likeness (QED) is 0.882. The van der Waals surface area contributed by atoms with Gasteiger partial charge in [-0.25, -0.2) is 4.98 Å². The fraction of sp³-hybridized carbons (Fsp3) is 0.167. The zero-order valence-electron chi connectivity index (χ0n) is 8.93. The Bertz CT molecular complexity index is 479. The molecule has 0 fully saturated rings. The summed E-state index contributed by atoms with van der Waals surface area (Å²) in [6.45, 7) is 2.39. The van der Waals surface area contributed by atoms with Gasteiger partial charge in [-0.1, -0.05) is 30.3 Å². The summed E-state index contributed by atoms with van der Waals surface area (Å²) in [4.78, 5) is 16.5. The maximum absolute atomic E-state index is 11.8. The molecule has 0 atom stereocenters. The van der Waals surface area contributed by atoms with E-state index < -0.39 is 0 Å². The Morgan fingerprint density at radius 2 is 2.12 bits per heavy atom. The number of thiazole rings is 1. The monoisotopic (exact) mass is 232 g/mol. The van der Waals surface area contributed by atoms with Crippen molar-refractivity contribution in [1.82, 2.24) is 10.3 Å². The molecule has 2 aromatic rings. The van der Waals surface area contributed by atoms with E-state index >= 15 is 0 Å². The molecule has 1 N–H and O–H groups in total. The van der Waals surface area contributed by atoms with Crippen LogP contribution < -0.4 is 5.32 Å². The Kier molecular flexibility index (Phi) is 3.31. The lowest BCUT2D eigenvalue weighted by Crippen LogP contribution is -2.22. The Morgan fingerprint density at radius 3 is 2.75 bits per heavy atom. The number of carbonyl (C=O) groups is 1. The molecular weight excluding hydrogens is 220 g/mol. The maximum atomic E-state index is 11.8. The van der Waals surface area contributed by atoms with Crippen molar-refractivity contribution < 1.29 is 4.79 Å². The van der Waals surface area contributed by atoms with Crippen molar-refractivity contribution in [3.05, 3.63) is 52.0 Å². The molecule has 0 spiro atoms. The van der Waals surface area contributed by atoms with E-state index in [0.717, 1.165) is 11.3 Å². The van der Waals surface area contributed by atoms with Gasteiger partial charge in [0.15, 0.2) is 0 Å². The van der Waals surface area contributed by atoms with Gasteiger partial charge < -0.3 is 5.32 Å². The van der Waals surface area contributed by atoms with Crippen LogP contribution in [0.4, 0.5) is 0 Å². The van der Waals surface area contributed by atoms with Crippen LogP contribution in [-0.2, 0) is 6.54 Å². The average Bonchev–Trinajstić information content (AvgIpc) is 2.74. The summed E-state index contributed by atoms with van der Waals surface area (Å²) < 4.78 is 0. The molecule has 0 aliphatic rings. The second-order valence-electron chi connectivity index (χ2n) is 3.44. The number of benzene rings is 1. The summed E-state index contributed by atoms with van der Waals surface area (Å²) in [6, 6.07) is 9.84. The molecule has 82 valence electrons. The molecule has 0 unspecified atom stereocenters. The van der Waals surface area contributed by atoms with Gasteiger partial charge in [-0.2, -0.15) is 0 Å². The highest BCUT2D eigenvalue weighted by Gasteiger charge is 2.10. The molecule has 3 nitrogen and oxygen atoms in total. The highest BCUT2D eigenvalue weighted by molar-refractivity contribution is 7.11. The Morgan fingerprint density at radius 1 is 1.38 bits per heavy atom. The van der Waals surface area contributed by atoms with E-state index in [1.807, 2.05) is 37.3 Å². The Labute approximate surface area is 98.2 Å². The number of aromatic nitrogens is 1. The third-order valence-corrected chi connectivity index (χ3v) is 3.17. The number of hydrogen-bond donors (Lipinski definition) is 1. The minimum absolute atomic E-state index is 0.0520. The van der Waals surface area contributed by atoms with Crippen molar-refractivity contribution in [1.29, 1.82) is 0 Å². The molecule has 2 rings (SSSR count). The van der Waals surface area contributed by atoms with Crippen LogP contribution in [0, 0.1) is 6.92 Å². The molecule has 4 heteroatoms. The van der Waals surface area contributed by atoms with E-state index in [9.17, 15) is 4.79 Å². The second kappa shape index (κ2) is 4.90. The van der Waals surface area contributed by atoms with Crippen LogP contribution in [0.2, 0.25) is 0 Å². The van der Waals surface area contributed by atoms with Crippen molar-refractivity contribution in [3.63, 3.8) is 0 Å². The fourth-order valence-corrected chi connectivity index (χ4v) is 2.10. The number of nitrogens with one attached hydrogen (secondary N) is 1. The number of rotatable bonds is 3. The zero-order chi connectivity index (χ0) is 11.4. The molecule has 0 saturated heterocycles. The first kappa shape index (κ1) is 10.8. The minimum atomic E-state index is -0.0520. The highest BCUT2D eigenvalue weighted by Crippen LogP contribution is 2.11. The average molecular weight is 232 g/mol. The lowest BCUT2D eigenvalue weighted by molar-refractivity contribution is 0.0954. The predicted octanol–water partition coefficient (Wildman–Crippen LogP) is 2.38. The van der Waals surface area contributed by atoms with Crippen LogP contribution in [0.1, 0.15) is 20.9 Å². The smallest absolute Gasteiger partial charge is 0.263 e. The first-order valence-corrected chi connectivity index (χ1v) is 5.87. The molecule has 0 aliphatic heterocycles. The summed E-state index contributed by atoms with van der Waals surface area (Å²) in [7, 11) is 0. The molecule has 0 aliphatic carbocycles. The normalized spacial score (nSPS) is 10.1. The minimum Gasteiger partial charge on any atom is -0.347 e. The zero-order valence-corrected chi connectivity index (χ0v) is 9.75. The number of nitrogens with zero attached hydrogens (tertiary/aromatic N) is 1. The van der Waals surface area contributed by atoms with E-state index in [-0.39, 0.29) is 5.91 Å². The lowest BCUT2D eigenvalue weighted by atomic mass is 10.2. The number of aryl methyl sites for hydroxylation is 1. The van der Waals surface area contributed by atoms with Crippen LogP contribution >= 0.6 is 11.3 Å². The molecule has 1 aromatic carbocycles. The van der Waals surface area contributed by atoms with E-state index in [1.54, 1.807) is 5.51 Å². The van der Waals surface area contributed by atoms with Crippen molar-refractivity contribution in [2.24, 2.45) is 0 Å². The van der Waals surface area contributed by atoms with Gasteiger partial charge in [-0.3, -0.25) is 4.79 Å². The van der Waals surface area contributed by atoms with Crippen molar-refractivity contribution >= 4 is 17.2 Å². The first-order valence-electron chi connectivity index (χ1n) is 4.99. The molecule has 1 heterocycles. The molecule has 1 aromatic heterocycles. The van der Waals surface area contributed by atoms with Gasteiger partial charge in [0.25, 0.3) is 5.91 Å². The topological polar surface area (TPSA) is 42.0 Å². The summed E-state index contributed by atoms with van der Waals surface area (Å²) in [5, 5.41) is 2.87. The third kappa shape index (κ3) is 2.46. The van der Waals surface area contributed by atoms with Crippen LogP contribution in [0.15, 0.2) is 35.8 Å². The van der Waals surface area contributed by atoms with E-state index in [2.05, 4.69) is 10.3 Å². The molecule has 1 amide bonds. The fourth-order valence-electron chi connectivity index (χ4n) is 1.38. The predicted molar refractivity (Wildman–Crippen MR) is 64.5 cm³/mol. The Hall–Kier alpha value is -1.68. The van der Waals surface area contributed by atoms with E-state index in [1.165, 1.54) is 11.3 Å². The van der Waals surface area contributed by atoms with Crippen LogP contribution in [0.5, 0.6) is 0 Å². The number of carbonyl (C=O) groups excluding carboxylic acids is 1. The second-order valence-corrected chi connectivity index (χ2v) is 4.29. The summed E-state index contributed by atoms with van der Waals surface area (Å²) in [6.07, 6.45) is 0. The third-order valence-electron chi connectivity index (χ3n) is 2.25. The molecule has 0 bridgehead atoms. The van der Waals surface area contributed by atoms with Gasteiger partial charge in [0, 0.05) is 6.54 Å². The van der Waals surface area contributed by atoms with Gasteiger partial charge in [0.05, 0.1) is 11.2 Å². The first-order chi connectivity index (χ1) is 7.77. The molecule has 0 radical (unpaired) electrons. The molecular formula is C12H12N2OS. The maximum Gasteiger partial charge on any atom is 0.263 e. The van der Waals surface area contributed by atoms with Crippen LogP contribution in [-0.4, -0.2) is 10.9 Å². The van der Waals surface area contributed by atoms with Gasteiger partial charge in [0.2, 0.25) is 0 Å². The summed E-state index contributed by atoms with van der Waals surface area (Å²) in [5.41, 5.74) is 3.57. The summed E-state index contributed by atoms with van der Waals surface area (Å²) in [5.74, 6) is -0.0520. The van der Waals surface area contributed by atoms with E-state index in [0.29, 0.717) is 11.4 Å². The lowest BCUT2D eigenvalue weighted by Gasteiger charge is -2.03. The van der Waals surface area contributed by atoms with Gasteiger partial charge in [0.1, 0.15) is 4.88 Å². The SMILES string of the molecule is Cc1ncsc1C(=O)NCc1ccccc1. The van der Waals surface area contributed by atoms with Crippen molar-refractivity contribution in [3.8, 4) is 0 Å². The van der Waals surface area contributed by atoms with Gasteiger partial charge in [-0.05, 0) is 12.5 Å². The summed E-state index contributed by atoms with van der Waals surface area (Å²) >= 11 is 1.37. The van der Waals surface area contributed by atoms with Gasteiger partial charge in [-0.15, -0.1) is 11.3 Å². The van der Waals surface area contributed by atoms with Crippen LogP contribution in [0.25, 0.3) is 0 Å². The van der Waals surface area contributed by atoms with Crippen molar-refractivity contribution in [2.45, 2.75) is 13.5 Å². The van der Waals surface area contributed by atoms with Crippen LogP contribution in [0.3, 0.4) is 0 Å². The molecule has 0 saturated carbocycles. The van der Waals surface area contributed by atoms with E-state index in [4.69, 9.17) is 0 Å².